The lowest BCUT2D eigenvalue weighted by atomic mass is 10.1. The molecule has 2 rings (SSSR count). The van der Waals surface area contributed by atoms with Crippen LogP contribution in [0.3, 0.4) is 0 Å². The number of aryl methyl sites for hydroxylation is 2. The van der Waals surface area contributed by atoms with Crippen LogP contribution in [0.1, 0.15) is 21.8 Å². The van der Waals surface area contributed by atoms with E-state index in [4.69, 9.17) is 0 Å². The third-order valence-corrected chi connectivity index (χ3v) is 3.92. The fourth-order valence-corrected chi connectivity index (χ4v) is 2.52. The molecule has 0 radical (unpaired) electrons. The molecule has 0 atom stereocenters. The maximum atomic E-state index is 12.2. The second kappa shape index (κ2) is 5.97. The third kappa shape index (κ3) is 3.64. The maximum absolute atomic E-state index is 12.2. The Kier molecular flexibility index (Phi) is 4.32. The zero-order valence-corrected chi connectivity index (χ0v) is 12.3. The number of nitrogens with zero attached hydrogens (tertiary/aromatic N) is 2. The lowest BCUT2D eigenvalue weighted by Gasteiger charge is -2.16. The van der Waals surface area contributed by atoms with Crippen molar-refractivity contribution in [3.05, 3.63) is 51.5 Å². The molecular weight excluding hydrogens is 256 g/mol. The van der Waals surface area contributed by atoms with E-state index < -0.39 is 0 Å². The van der Waals surface area contributed by atoms with E-state index in [2.05, 4.69) is 4.98 Å². The van der Waals surface area contributed by atoms with Crippen LogP contribution in [0.25, 0.3) is 0 Å². The van der Waals surface area contributed by atoms with E-state index in [0.29, 0.717) is 13.0 Å². The van der Waals surface area contributed by atoms with E-state index in [1.54, 1.807) is 16.2 Å². The van der Waals surface area contributed by atoms with Crippen LogP contribution in [-0.4, -0.2) is 22.8 Å². The van der Waals surface area contributed by atoms with Crippen molar-refractivity contribution in [2.75, 3.05) is 7.05 Å². The van der Waals surface area contributed by atoms with Gasteiger partial charge in [0.25, 0.3) is 0 Å². The molecule has 4 heteroatoms. The molecule has 2 aromatic rings. The highest BCUT2D eigenvalue weighted by Crippen LogP contribution is 2.12. The average molecular weight is 274 g/mol. The Hall–Kier alpha value is -1.68. The van der Waals surface area contributed by atoms with Crippen molar-refractivity contribution in [3.63, 3.8) is 0 Å². The van der Waals surface area contributed by atoms with Gasteiger partial charge in [-0.15, -0.1) is 11.3 Å². The summed E-state index contributed by atoms with van der Waals surface area (Å²) in [5.41, 5.74) is 3.21. The third-order valence-electron chi connectivity index (χ3n) is 3.09. The zero-order chi connectivity index (χ0) is 13.8. The van der Waals surface area contributed by atoms with Crippen molar-refractivity contribution in [1.29, 1.82) is 0 Å². The average Bonchev–Trinajstić information content (AvgIpc) is 2.77. The predicted octanol–water partition coefficient (Wildman–Crippen LogP) is 2.96. The Morgan fingerprint density at radius 1 is 1.32 bits per heavy atom. The lowest BCUT2D eigenvalue weighted by molar-refractivity contribution is -0.129. The van der Waals surface area contributed by atoms with Gasteiger partial charge in [0.15, 0.2) is 0 Å². The molecule has 0 saturated carbocycles. The fraction of sp³-hybridized carbons (Fsp3) is 0.333. The van der Waals surface area contributed by atoms with E-state index in [9.17, 15) is 4.79 Å². The topological polar surface area (TPSA) is 33.2 Å². The minimum absolute atomic E-state index is 0.125. The monoisotopic (exact) mass is 274 g/mol. The molecule has 0 aliphatic carbocycles. The first-order chi connectivity index (χ1) is 9.06. The van der Waals surface area contributed by atoms with E-state index in [1.165, 1.54) is 0 Å². The molecule has 0 spiro atoms. The van der Waals surface area contributed by atoms with E-state index >= 15 is 0 Å². The SMILES string of the molecule is Cc1nc(CN(C)C(=O)Cc2ccccc2C)cs1. The summed E-state index contributed by atoms with van der Waals surface area (Å²) in [5, 5.41) is 3.04. The first-order valence-electron chi connectivity index (χ1n) is 6.25. The Labute approximate surface area is 117 Å². The molecule has 3 nitrogen and oxygen atoms in total. The van der Waals surface area contributed by atoms with Gasteiger partial charge in [0.1, 0.15) is 0 Å². The summed E-state index contributed by atoms with van der Waals surface area (Å²) in [7, 11) is 1.83. The van der Waals surface area contributed by atoms with E-state index in [0.717, 1.165) is 21.8 Å². The van der Waals surface area contributed by atoms with Crippen molar-refractivity contribution in [2.45, 2.75) is 26.8 Å². The van der Waals surface area contributed by atoms with Crippen molar-refractivity contribution in [3.8, 4) is 0 Å². The van der Waals surface area contributed by atoms with Gasteiger partial charge < -0.3 is 4.90 Å². The van der Waals surface area contributed by atoms with Gasteiger partial charge in [0, 0.05) is 12.4 Å². The van der Waals surface area contributed by atoms with Crippen LogP contribution in [0.4, 0.5) is 0 Å². The van der Waals surface area contributed by atoms with Gasteiger partial charge in [0.05, 0.1) is 23.7 Å². The Morgan fingerprint density at radius 3 is 2.68 bits per heavy atom. The smallest absolute Gasteiger partial charge is 0.227 e. The minimum atomic E-state index is 0.125. The van der Waals surface area contributed by atoms with Crippen LogP contribution >= 0.6 is 11.3 Å². The molecule has 1 heterocycles. The number of thiazole rings is 1. The van der Waals surface area contributed by atoms with Crippen molar-refractivity contribution in [2.24, 2.45) is 0 Å². The number of amides is 1. The first-order valence-corrected chi connectivity index (χ1v) is 7.13. The van der Waals surface area contributed by atoms with Crippen LogP contribution in [-0.2, 0) is 17.8 Å². The second-order valence-corrected chi connectivity index (χ2v) is 5.77. The molecule has 0 fully saturated rings. The molecule has 0 saturated heterocycles. The Balaban J connectivity index is 1.98. The van der Waals surface area contributed by atoms with Crippen molar-refractivity contribution >= 4 is 17.2 Å². The number of carbonyl (C=O) groups excluding carboxylic acids is 1. The van der Waals surface area contributed by atoms with E-state index in [1.807, 2.05) is 50.5 Å². The summed E-state index contributed by atoms with van der Waals surface area (Å²) in [5.74, 6) is 0.125. The number of rotatable bonds is 4. The maximum Gasteiger partial charge on any atom is 0.227 e. The number of carbonyl (C=O) groups is 1. The quantitative estimate of drug-likeness (QED) is 0.859. The number of benzene rings is 1. The molecular formula is C15H18N2OS. The predicted molar refractivity (Wildman–Crippen MR) is 78.2 cm³/mol. The molecule has 0 aliphatic rings. The number of aromatic nitrogens is 1. The van der Waals surface area contributed by atoms with Gasteiger partial charge in [-0.1, -0.05) is 24.3 Å². The zero-order valence-electron chi connectivity index (χ0n) is 11.5. The summed E-state index contributed by atoms with van der Waals surface area (Å²) in [4.78, 5) is 18.3. The molecule has 19 heavy (non-hydrogen) atoms. The van der Waals surface area contributed by atoms with Gasteiger partial charge in [-0.2, -0.15) is 0 Å². The molecule has 0 unspecified atom stereocenters. The molecule has 100 valence electrons. The summed E-state index contributed by atoms with van der Waals surface area (Å²) in [6.07, 6.45) is 0.451. The largest absolute Gasteiger partial charge is 0.340 e. The molecule has 0 aliphatic heterocycles. The van der Waals surface area contributed by atoms with Crippen molar-refractivity contribution in [1.82, 2.24) is 9.88 Å². The number of hydrogen-bond acceptors (Lipinski definition) is 3. The molecule has 0 N–H and O–H groups in total. The highest BCUT2D eigenvalue weighted by Gasteiger charge is 2.12. The van der Waals surface area contributed by atoms with Crippen LogP contribution in [0.2, 0.25) is 0 Å². The molecule has 1 amide bonds. The van der Waals surface area contributed by atoms with Gasteiger partial charge in [-0.3, -0.25) is 4.79 Å². The Bertz CT molecular complexity index is 577. The van der Waals surface area contributed by atoms with Crippen molar-refractivity contribution < 1.29 is 4.79 Å². The van der Waals surface area contributed by atoms with E-state index in [-0.39, 0.29) is 5.91 Å². The highest BCUT2D eigenvalue weighted by molar-refractivity contribution is 7.09. The summed E-state index contributed by atoms with van der Waals surface area (Å²) in [6, 6.07) is 8.00. The van der Waals surface area contributed by atoms with Gasteiger partial charge in [-0.05, 0) is 25.0 Å². The number of likely N-dealkylation sites (N-methyl/N-ethyl adjacent to an activating group) is 1. The fourth-order valence-electron chi connectivity index (χ4n) is 1.92. The highest BCUT2D eigenvalue weighted by atomic mass is 32.1. The lowest BCUT2D eigenvalue weighted by Crippen LogP contribution is -2.28. The second-order valence-electron chi connectivity index (χ2n) is 4.71. The van der Waals surface area contributed by atoms with Gasteiger partial charge in [0.2, 0.25) is 5.91 Å². The van der Waals surface area contributed by atoms with Crippen LogP contribution in [0, 0.1) is 13.8 Å². The first kappa shape index (κ1) is 13.7. The summed E-state index contributed by atoms with van der Waals surface area (Å²) >= 11 is 1.62. The van der Waals surface area contributed by atoms with Crippen LogP contribution in [0.5, 0.6) is 0 Å². The summed E-state index contributed by atoms with van der Waals surface area (Å²) in [6.45, 7) is 4.59. The van der Waals surface area contributed by atoms with Crippen LogP contribution < -0.4 is 0 Å². The van der Waals surface area contributed by atoms with Gasteiger partial charge in [-0.25, -0.2) is 4.98 Å². The van der Waals surface area contributed by atoms with Gasteiger partial charge >= 0.3 is 0 Å². The Morgan fingerprint density at radius 2 is 2.05 bits per heavy atom. The number of hydrogen-bond donors (Lipinski definition) is 0. The minimum Gasteiger partial charge on any atom is -0.340 e. The summed E-state index contributed by atoms with van der Waals surface area (Å²) < 4.78 is 0. The standard InChI is InChI=1S/C15H18N2OS/c1-11-6-4-5-7-13(11)8-15(18)17(3)9-14-10-19-12(2)16-14/h4-7,10H,8-9H2,1-3H3. The normalized spacial score (nSPS) is 10.5. The molecule has 0 bridgehead atoms. The van der Waals surface area contributed by atoms with Crippen LogP contribution in [0.15, 0.2) is 29.6 Å². The molecule has 1 aromatic carbocycles. The molecule has 1 aromatic heterocycles.